The third kappa shape index (κ3) is 4.16. The minimum absolute atomic E-state index is 0.208. The molecule has 0 bridgehead atoms. The zero-order valence-corrected chi connectivity index (χ0v) is 12.3. The summed E-state index contributed by atoms with van der Waals surface area (Å²) in [6.07, 6.45) is 0. The van der Waals surface area contributed by atoms with Gasteiger partial charge in [0.15, 0.2) is 16.4 Å². The molecular weight excluding hydrogens is 288 g/mol. The van der Waals surface area contributed by atoms with E-state index in [4.69, 9.17) is 4.74 Å². The SMILES string of the molecule is Cc1ccc(S(=O)(=O)C[CH]OC(=O)c2ccccc2)cc1. The van der Waals surface area contributed by atoms with Gasteiger partial charge in [-0.15, -0.1) is 0 Å². The Balaban J connectivity index is 1.94. The molecule has 1 radical (unpaired) electrons. The van der Waals surface area contributed by atoms with Gasteiger partial charge >= 0.3 is 5.97 Å². The Morgan fingerprint density at radius 3 is 2.29 bits per heavy atom. The van der Waals surface area contributed by atoms with Gasteiger partial charge in [-0.1, -0.05) is 35.9 Å². The molecule has 0 aliphatic carbocycles. The number of carbonyl (C=O) groups excluding carboxylic acids is 1. The molecule has 21 heavy (non-hydrogen) atoms. The fraction of sp³-hybridized carbons (Fsp3) is 0.125. The summed E-state index contributed by atoms with van der Waals surface area (Å²) in [7, 11) is -3.49. The number of ether oxygens (including phenoxy) is 1. The van der Waals surface area contributed by atoms with E-state index in [1.54, 1.807) is 42.5 Å². The summed E-state index contributed by atoms with van der Waals surface area (Å²) in [5.74, 6) is -0.927. The van der Waals surface area contributed by atoms with Crippen molar-refractivity contribution in [1.29, 1.82) is 0 Å². The number of carbonyl (C=O) groups is 1. The highest BCUT2D eigenvalue weighted by Crippen LogP contribution is 2.13. The zero-order valence-electron chi connectivity index (χ0n) is 11.5. The summed E-state index contributed by atoms with van der Waals surface area (Å²) in [6, 6.07) is 14.9. The van der Waals surface area contributed by atoms with E-state index in [2.05, 4.69) is 0 Å². The zero-order chi connectivity index (χ0) is 15.3. The van der Waals surface area contributed by atoms with Crippen LogP contribution in [-0.2, 0) is 14.6 Å². The highest BCUT2D eigenvalue weighted by atomic mass is 32.2. The number of benzene rings is 2. The van der Waals surface area contributed by atoms with Gasteiger partial charge in [0.25, 0.3) is 0 Å². The molecule has 0 fully saturated rings. The quantitative estimate of drug-likeness (QED) is 0.797. The maximum absolute atomic E-state index is 12.0. The van der Waals surface area contributed by atoms with Crippen molar-refractivity contribution in [1.82, 2.24) is 0 Å². The molecule has 0 aliphatic heterocycles. The van der Waals surface area contributed by atoms with E-state index in [0.29, 0.717) is 5.56 Å². The molecule has 0 spiro atoms. The van der Waals surface area contributed by atoms with Crippen LogP contribution >= 0.6 is 0 Å². The molecule has 0 heterocycles. The first-order valence-electron chi connectivity index (χ1n) is 6.36. The van der Waals surface area contributed by atoms with E-state index in [-0.39, 0.29) is 10.6 Å². The second-order valence-corrected chi connectivity index (χ2v) is 6.57. The summed E-state index contributed by atoms with van der Waals surface area (Å²) in [6.45, 7) is 2.90. The standard InChI is InChI=1S/C16H15O4S/c1-13-7-9-15(10-8-13)21(18,19)12-11-20-16(17)14-5-3-2-4-6-14/h2-11H,12H2,1H3. The van der Waals surface area contributed by atoms with Crippen molar-refractivity contribution in [2.24, 2.45) is 0 Å². The van der Waals surface area contributed by atoms with E-state index in [1.165, 1.54) is 12.1 Å². The van der Waals surface area contributed by atoms with Gasteiger partial charge in [-0.05, 0) is 31.2 Å². The van der Waals surface area contributed by atoms with Crippen LogP contribution < -0.4 is 0 Å². The Hall–Kier alpha value is -2.14. The molecule has 0 saturated carbocycles. The van der Waals surface area contributed by atoms with Crippen LogP contribution in [0.3, 0.4) is 0 Å². The number of hydrogen-bond acceptors (Lipinski definition) is 4. The normalized spacial score (nSPS) is 11.1. The van der Waals surface area contributed by atoms with Crippen LogP contribution in [0.4, 0.5) is 0 Å². The average Bonchev–Trinajstić information content (AvgIpc) is 2.48. The lowest BCUT2D eigenvalue weighted by molar-refractivity contribution is 0.0614. The van der Waals surface area contributed by atoms with Crippen LogP contribution in [0.2, 0.25) is 0 Å². The van der Waals surface area contributed by atoms with Crippen molar-refractivity contribution in [2.45, 2.75) is 11.8 Å². The van der Waals surface area contributed by atoms with Crippen molar-refractivity contribution in [3.63, 3.8) is 0 Å². The van der Waals surface area contributed by atoms with Crippen LogP contribution in [-0.4, -0.2) is 20.1 Å². The fourth-order valence-corrected chi connectivity index (χ4v) is 2.67. The Morgan fingerprint density at radius 2 is 1.67 bits per heavy atom. The summed E-state index contributed by atoms with van der Waals surface area (Å²) in [5, 5.41) is 0. The van der Waals surface area contributed by atoms with Crippen LogP contribution in [0, 0.1) is 13.5 Å². The Bertz CT molecular complexity index is 704. The molecular formula is C16H15O4S. The number of esters is 1. The minimum atomic E-state index is -3.49. The van der Waals surface area contributed by atoms with E-state index in [9.17, 15) is 13.2 Å². The Labute approximate surface area is 124 Å². The van der Waals surface area contributed by atoms with Gasteiger partial charge in [-0.25, -0.2) is 13.2 Å². The molecule has 0 amide bonds. The van der Waals surface area contributed by atoms with Crippen LogP contribution in [0.25, 0.3) is 0 Å². The van der Waals surface area contributed by atoms with Gasteiger partial charge in [0.2, 0.25) is 0 Å². The van der Waals surface area contributed by atoms with Crippen molar-refractivity contribution >= 4 is 15.8 Å². The van der Waals surface area contributed by atoms with Gasteiger partial charge in [0.05, 0.1) is 16.2 Å². The molecule has 2 aromatic rings. The highest BCUT2D eigenvalue weighted by Gasteiger charge is 2.16. The monoisotopic (exact) mass is 303 g/mol. The molecule has 0 atom stereocenters. The molecule has 4 nitrogen and oxygen atoms in total. The third-order valence-electron chi connectivity index (χ3n) is 2.87. The molecule has 5 heteroatoms. The number of aryl methyl sites for hydroxylation is 1. The maximum Gasteiger partial charge on any atom is 0.338 e. The number of rotatable bonds is 5. The summed E-state index contributed by atoms with van der Waals surface area (Å²) >= 11 is 0. The number of sulfone groups is 1. The second-order valence-electron chi connectivity index (χ2n) is 4.53. The molecule has 2 aromatic carbocycles. The number of hydrogen-bond donors (Lipinski definition) is 0. The van der Waals surface area contributed by atoms with Crippen LogP contribution in [0.15, 0.2) is 59.5 Å². The average molecular weight is 303 g/mol. The van der Waals surface area contributed by atoms with Gasteiger partial charge in [-0.3, -0.25) is 0 Å². The van der Waals surface area contributed by atoms with Gasteiger partial charge < -0.3 is 4.74 Å². The molecule has 0 saturated heterocycles. The van der Waals surface area contributed by atoms with Crippen LogP contribution in [0.1, 0.15) is 15.9 Å². The molecule has 0 unspecified atom stereocenters. The lowest BCUT2D eigenvalue weighted by Gasteiger charge is -2.06. The lowest BCUT2D eigenvalue weighted by Crippen LogP contribution is -2.12. The van der Waals surface area contributed by atoms with E-state index < -0.39 is 15.8 Å². The lowest BCUT2D eigenvalue weighted by atomic mass is 10.2. The molecule has 0 aliphatic rings. The fourth-order valence-electron chi connectivity index (χ4n) is 1.68. The van der Waals surface area contributed by atoms with E-state index >= 15 is 0 Å². The molecule has 0 N–H and O–H groups in total. The van der Waals surface area contributed by atoms with Crippen molar-refractivity contribution in [2.75, 3.05) is 5.75 Å². The van der Waals surface area contributed by atoms with E-state index in [1.807, 2.05) is 6.92 Å². The summed E-state index contributed by atoms with van der Waals surface area (Å²) in [5.41, 5.74) is 1.36. The van der Waals surface area contributed by atoms with Crippen molar-refractivity contribution < 1.29 is 17.9 Å². The smallest absolute Gasteiger partial charge is 0.338 e. The predicted molar refractivity (Wildman–Crippen MR) is 79.4 cm³/mol. The highest BCUT2D eigenvalue weighted by molar-refractivity contribution is 7.91. The van der Waals surface area contributed by atoms with Crippen molar-refractivity contribution in [3.05, 3.63) is 72.3 Å². The van der Waals surface area contributed by atoms with Gasteiger partial charge in [0.1, 0.15) is 0 Å². The molecule has 0 aromatic heterocycles. The first kappa shape index (κ1) is 15.3. The predicted octanol–water partition coefficient (Wildman–Crippen LogP) is 2.79. The van der Waals surface area contributed by atoms with E-state index in [0.717, 1.165) is 12.2 Å². The first-order valence-corrected chi connectivity index (χ1v) is 8.01. The van der Waals surface area contributed by atoms with Gasteiger partial charge in [0, 0.05) is 0 Å². The van der Waals surface area contributed by atoms with Gasteiger partial charge in [-0.2, -0.15) is 0 Å². The largest absolute Gasteiger partial charge is 0.454 e. The topological polar surface area (TPSA) is 60.4 Å². The Kier molecular flexibility index (Phi) is 4.75. The first-order chi connectivity index (χ1) is 9.99. The molecule has 109 valence electrons. The summed E-state index contributed by atoms with van der Waals surface area (Å²) in [4.78, 5) is 11.9. The summed E-state index contributed by atoms with van der Waals surface area (Å²) < 4.78 is 28.9. The molecule has 2 rings (SSSR count). The maximum atomic E-state index is 12.0. The Morgan fingerprint density at radius 1 is 1.05 bits per heavy atom. The third-order valence-corrected chi connectivity index (χ3v) is 4.43. The van der Waals surface area contributed by atoms with Crippen molar-refractivity contribution in [3.8, 4) is 0 Å². The second kappa shape index (κ2) is 6.54. The minimum Gasteiger partial charge on any atom is -0.454 e. The van der Waals surface area contributed by atoms with Crippen LogP contribution in [0.5, 0.6) is 0 Å².